The Balaban J connectivity index is 2.68. The fourth-order valence-electron chi connectivity index (χ4n) is 1.36. The molecule has 0 amide bonds. The summed E-state index contributed by atoms with van der Waals surface area (Å²) in [6, 6.07) is 3.85. The molecule has 1 atom stereocenters. The number of aliphatic hydroxyl groups is 1. The van der Waals surface area contributed by atoms with Gasteiger partial charge in [-0.05, 0) is 19.4 Å². The minimum Gasteiger partial charge on any atom is -0.393 e. The number of hydrogen-bond acceptors (Lipinski definition) is 3. The molecule has 0 saturated heterocycles. The van der Waals surface area contributed by atoms with E-state index in [0.717, 1.165) is 24.3 Å². The standard InChI is InChI=1S/C11H17ClN2O/c1-9(15)5-7-14(2)11-10(8-12)4-3-6-13-11/h3-4,6,9,15H,5,7-8H2,1-2H3. The summed E-state index contributed by atoms with van der Waals surface area (Å²) in [6.45, 7) is 2.56. The van der Waals surface area contributed by atoms with Crippen molar-refractivity contribution in [1.29, 1.82) is 0 Å². The third kappa shape index (κ3) is 3.68. The molecule has 0 aliphatic rings. The van der Waals surface area contributed by atoms with E-state index < -0.39 is 0 Å². The van der Waals surface area contributed by atoms with E-state index in [-0.39, 0.29) is 6.10 Å². The van der Waals surface area contributed by atoms with Gasteiger partial charge in [0.1, 0.15) is 5.82 Å². The van der Waals surface area contributed by atoms with Crippen LogP contribution in [-0.4, -0.2) is 29.8 Å². The highest BCUT2D eigenvalue weighted by Gasteiger charge is 2.08. The molecule has 1 unspecified atom stereocenters. The fraction of sp³-hybridized carbons (Fsp3) is 0.545. The van der Waals surface area contributed by atoms with Crippen LogP contribution < -0.4 is 4.90 Å². The Bertz CT molecular complexity index is 304. The Morgan fingerprint density at radius 2 is 2.33 bits per heavy atom. The minimum absolute atomic E-state index is 0.282. The second kappa shape index (κ2) is 5.93. The molecule has 0 aromatic carbocycles. The van der Waals surface area contributed by atoms with Gasteiger partial charge < -0.3 is 10.0 Å². The molecule has 4 heteroatoms. The van der Waals surface area contributed by atoms with Crippen LogP contribution in [-0.2, 0) is 5.88 Å². The highest BCUT2D eigenvalue weighted by molar-refractivity contribution is 6.17. The van der Waals surface area contributed by atoms with Gasteiger partial charge >= 0.3 is 0 Å². The Morgan fingerprint density at radius 3 is 2.93 bits per heavy atom. The summed E-state index contributed by atoms with van der Waals surface area (Å²) in [5, 5.41) is 9.20. The molecule has 0 aliphatic heterocycles. The van der Waals surface area contributed by atoms with Gasteiger partial charge in [-0.3, -0.25) is 0 Å². The first-order valence-corrected chi connectivity index (χ1v) is 5.57. The second-order valence-corrected chi connectivity index (χ2v) is 3.95. The number of pyridine rings is 1. The van der Waals surface area contributed by atoms with Crippen molar-refractivity contribution in [1.82, 2.24) is 4.98 Å². The van der Waals surface area contributed by atoms with Crippen molar-refractivity contribution in [2.24, 2.45) is 0 Å². The van der Waals surface area contributed by atoms with E-state index >= 15 is 0 Å². The Kier molecular flexibility index (Phi) is 4.85. The third-order valence-electron chi connectivity index (χ3n) is 2.26. The van der Waals surface area contributed by atoms with Crippen molar-refractivity contribution in [3.63, 3.8) is 0 Å². The summed E-state index contributed by atoms with van der Waals surface area (Å²) in [5.74, 6) is 1.36. The van der Waals surface area contributed by atoms with E-state index in [1.54, 1.807) is 13.1 Å². The topological polar surface area (TPSA) is 36.4 Å². The first kappa shape index (κ1) is 12.3. The van der Waals surface area contributed by atoms with Crippen LogP contribution in [0.4, 0.5) is 5.82 Å². The van der Waals surface area contributed by atoms with Crippen molar-refractivity contribution in [2.75, 3.05) is 18.5 Å². The molecule has 0 saturated carbocycles. The first-order valence-electron chi connectivity index (χ1n) is 5.04. The maximum atomic E-state index is 9.20. The molecular formula is C11H17ClN2O. The zero-order valence-corrected chi connectivity index (χ0v) is 9.91. The summed E-state index contributed by atoms with van der Waals surface area (Å²) in [4.78, 5) is 6.31. The molecule has 1 heterocycles. The van der Waals surface area contributed by atoms with E-state index in [2.05, 4.69) is 4.98 Å². The molecule has 0 spiro atoms. The predicted octanol–water partition coefficient (Wildman–Crippen LogP) is 2.03. The normalized spacial score (nSPS) is 12.5. The van der Waals surface area contributed by atoms with Crippen LogP contribution in [0.2, 0.25) is 0 Å². The Hall–Kier alpha value is -0.800. The zero-order valence-electron chi connectivity index (χ0n) is 9.15. The largest absolute Gasteiger partial charge is 0.393 e. The number of anilines is 1. The van der Waals surface area contributed by atoms with Crippen LogP contribution in [0, 0.1) is 0 Å². The monoisotopic (exact) mass is 228 g/mol. The lowest BCUT2D eigenvalue weighted by atomic mass is 10.2. The van der Waals surface area contributed by atoms with Gasteiger partial charge in [-0.1, -0.05) is 6.07 Å². The van der Waals surface area contributed by atoms with E-state index in [9.17, 15) is 5.11 Å². The molecule has 1 N–H and O–H groups in total. The predicted molar refractivity (Wildman–Crippen MR) is 63.4 cm³/mol. The summed E-state index contributed by atoms with van der Waals surface area (Å²) in [6.07, 6.45) is 2.20. The number of nitrogens with zero attached hydrogens (tertiary/aromatic N) is 2. The van der Waals surface area contributed by atoms with Crippen LogP contribution >= 0.6 is 11.6 Å². The summed E-state index contributed by atoms with van der Waals surface area (Å²) in [7, 11) is 1.96. The van der Waals surface area contributed by atoms with Gasteiger partial charge in [0.15, 0.2) is 0 Å². The molecule has 1 aromatic heterocycles. The molecule has 1 aromatic rings. The summed E-state index contributed by atoms with van der Waals surface area (Å²) >= 11 is 5.82. The number of aromatic nitrogens is 1. The third-order valence-corrected chi connectivity index (χ3v) is 2.54. The van der Waals surface area contributed by atoms with Crippen LogP contribution in [0.1, 0.15) is 18.9 Å². The van der Waals surface area contributed by atoms with Crippen LogP contribution in [0.3, 0.4) is 0 Å². The highest BCUT2D eigenvalue weighted by atomic mass is 35.5. The molecule has 0 bridgehead atoms. The molecule has 0 radical (unpaired) electrons. The Labute approximate surface area is 95.7 Å². The van der Waals surface area contributed by atoms with Crippen molar-refractivity contribution in [2.45, 2.75) is 25.3 Å². The van der Waals surface area contributed by atoms with Gasteiger partial charge in [-0.2, -0.15) is 0 Å². The van der Waals surface area contributed by atoms with E-state index in [0.29, 0.717) is 5.88 Å². The molecule has 84 valence electrons. The average molecular weight is 229 g/mol. The highest BCUT2D eigenvalue weighted by Crippen LogP contribution is 2.17. The van der Waals surface area contributed by atoms with Crippen LogP contribution in [0.25, 0.3) is 0 Å². The van der Waals surface area contributed by atoms with Gasteiger partial charge in [-0.15, -0.1) is 11.6 Å². The van der Waals surface area contributed by atoms with Crippen molar-refractivity contribution in [3.8, 4) is 0 Å². The molecular weight excluding hydrogens is 212 g/mol. The maximum Gasteiger partial charge on any atom is 0.132 e. The summed E-state index contributed by atoms with van der Waals surface area (Å²) < 4.78 is 0. The molecule has 15 heavy (non-hydrogen) atoms. The number of halogens is 1. The Morgan fingerprint density at radius 1 is 1.60 bits per heavy atom. The van der Waals surface area contributed by atoms with Gasteiger partial charge in [-0.25, -0.2) is 4.98 Å². The SMILES string of the molecule is CC(O)CCN(C)c1ncccc1CCl. The number of rotatable bonds is 5. The summed E-state index contributed by atoms with van der Waals surface area (Å²) in [5.41, 5.74) is 1.02. The molecule has 0 aliphatic carbocycles. The molecule has 1 rings (SSSR count). The molecule has 0 fully saturated rings. The first-order chi connectivity index (χ1) is 7.15. The lowest BCUT2D eigenvalue weighted by Gasteiger charge is -2.20. The average Bonchev–Trinajstić information content (AvgIpc) is 2.25. The molecule has 3 nitrogen and oxygen atoms in total. The van der Waals surface area contributed by atoms with Crippen LogP contribution in [0.5, 0.6) is 0 Å². The lowest BCUT2D eigenvalue weighted by molar-refractivity contribution is 0.187. The van der Waals surface area contributed by atoms with E-state index in [1.165, 1.54) is 0 Å². The van der Waals surface area contributed by atoms with E-state index in [4.69, 9.17) is 11.6 Å². The zero-order chi connectivity index (χ0) is 11.3. The lowest BCUT2D eigenvalue weighted by Crippen LogP contribution is -2.23. The van der Waals surface area contributed by atoms with E-state index in [1.807, 2.05) is 24.1 Å². The van der Waals surface area contributed by atoms with Gasteiger partial charge in [0.25, 0.3) is 0 Å². The number of alkyl halides is 1. The number of hydrogen-bond donors (Lipinski definition) is 1. The fourth-order valence-corrected chi connectivity index (χ4v) is 1.57. The van der Waals surface area contributed by atoms with Crippen LogP contribution in [0.15, 0.2) is 18.3 Å². The van der Waals surface area contributed by atoms with Crippen molar-refractivity contribution < 1.29 is 5.11 Å². The minimum atomic E-state index is -0.282. The van der Waals surface area contributed by atoms with Crippen molar-refractivity contribution >= 4 is 17.4 Å². The second-order valence-electron chi connectivity index (χ2n) is 3.68. The quantitative estimate of drug-likeness (QED) is 0.784. The number of aliphatic hydroxyl groups excluding tert-OH is 1. The van der Waals surface area contributed by atoms with Gasteiger partial charge in [0, 0.05) is 25.4 Å². The van der Waals surface area contributed by atoms with Crippen molar-refractivity contribution in [3.05, 3.63) is 23.9 Å². The smallest absolute Gasteiger partial charge is 0.132 e. The van der Waals surface area contributed by atoms with Gasteiger partial charge in [0.05, 0.1) is 12.0 Å². The van der Waals surface area contributed by atoms with Gasteiger partial charge in [0.2, 0.25) is 0 Å². The maximum absolute atomic E-state index is 9.20.